The molecule has 97 valence electrons. The summed E-state index contributed by atoms with van der Waals surface area (Å²) in [7, 11) is 0. The van der Waals surface area contributed by atoms with Gasteiger partial charge in [-0.3, -0.25) is 0 Å². The Labute approximate surface area is 116 Å². The van der Waals surface area contributed by atoms with E-state index in [2.05, 4.69) is 62.7 Å². The fraction of sp³-hybridized carbons (Fsp3) is 0.316. The number of hydrogen-bond acceptors (Lipinski definition) is 0. The molecule has 0 aliphatic heterocycles. The lowest BCUT2D eigenvalue weighted by Crippen LogP contribution is -2.00. The third-order valence-corrected chi connectivity index (χ3v) is 4.17. The Morgan fingerprint density at radius 2 is 1.79 bits per heavy atom. The Morgan fingerprint density at radius 1 is 1.00 bits per heavy atom. The average Bonchev–Trinajstić information content (AvgIpc) is 2.76. The highest BCUT2D eigenvalue weighted by Crippen LogP contribution is 2.48. The first-order valence-electron chi connectivity index (χ1n) is 7.35. The third-order valence-electron chi connectivity index (χ3n) is 4.17. The monoisotopic (exact) mass is 249 g/mol. The molecule has 0 bridgehead atoms. The van der Waals surface area contributed by atoms with Crippen LogP contribution in [0, 0.1) is 6.42 Å². The maximum absolute atomic E-state index is 2.31. The van der Waals surface area contributed by atoms with E-state index >= 15 is 0 Å². The minimum Gasteiger partial charge on any atom is -0.0653 e. The van der Waals surface area contributed by atoms with E-state index in [-0.39, 0.29) is 0 Å². The van der Waals surface area contributed by atoms with Crippen LogP contribution in [0.3, 0.4) is 0 Å². The van der Waals surface area contributed by atoms with Gasteiger partial charge < -0.3 is 0 Å². The molecule has 2 aromatic carbocycles. The van der Waals surface area contributed by atoms with Crippen LogP contribution in [0.2, 0.25) is 0 Å². The molecule has 1 unspecified atom stereocenters. The summed E-state index contributed by atoms with van der Waals surface area (Å²) < 4.78 is 0. The van der Waals surface area contributed by atoms with Crippen molar-refractivity contribution in [1.82, 2.24) is 0 Å². The van der Waals surface area contributed by atoms with Crippen LogP contribution in [0.1, 0.15) is 49.3 Å². The molecule has 0 heterocycles. The van der Waals surface area contributed by atoms with Crippen molar-refractivity contribution in [3.05, 3.63) is 65.6 Å². The Morgan fingerprint density at radius 3 is 2.58 bits per heavy atom. The van der Waals surface area contributed by atoms with Crippen LogP contribution >= 0.6 is 0 Å². The van der Waals surface area contributed by atoms with E-state index in [1.165, 1.54) is 35.1 Å². The standard InChI is InChI=1S/C19H21/c1-3-8-14-10-7-13-18-16-12-6-5-11-15(16)17(9-4-2)19(14)18/h3,5-7,10-13,17H,4,8-9H2,1-2H3. The van der Waals surface area contributed by atoms with Gasteiger partial charge in [0.1, 0.15) is 0 Å². The molecule has 1 atom stereocenters. The summed E-state index contributed by atoms with van der Waals surface area (Å²) in [4.78, 5) is 0. The van der Waals surface area contributed by atoms with Gasteiger partial charge in [0.15, 0.2) is 0 Å². The minimum atomic E-state index is 0.604. The van der Waals surface area contributed by atoms with Gasteiger partial charge in [0.05, 0.1) is 0 Å². The quantitative estimate of drug-likeness (QED) is 0.683. The summed E-state index contributed by atoms with van der Waals surface area (Å²) in [5, 5.41) is 0. The molecule has 2 aromatic rings. The highest BCUT2D eigenvalue weighted by molar-refractivity contribution is 5.80. The molecule has 0 amide bonds. The molecule has 0 saturated carbocycles. The highest BCUT2D eigenvalue weighted by atomic mass is 14.3. The second-order valence-electron chi connectivity index (χ2n) is 5.42. The Bertz CT molecular complexity index is 580. The van der Waals surface area contributed by atoms with Crippen molar-refractivity contribution in [1.29, 1.82) is 0 Å². The van der Waals surface area contributed by atoms with E-state index in [9.17, 15) is 0 Å². The molecule has 1 aliphatic carbocycles. The van der Waals surface area contributed by atoms with Crippen LogP contribution in [0.25, 0.3) is 11.1 Å². The predicted octanol–water partition coefficient (Wildman–Crippen LogP) is 5.37. The molecule has 19 heavy (non-hydrogen) atoms. The Kier molecular flexibility index (Phi) is 3.42. The molecule has 0 fully saturated rings. The molecule has 0 spiro atoms. The molecule has 1 radical (unpaired) electrons. The summed E-state index contributed by atoms with van der Waals surface area (Å²) in [6.45, 7) is 4.44. The average molecular weight is 249 g/mol. The third kappa shape index (κ3) is 2.00. The molecular formula is C19H21. The normalized spacial score (nSPS) is 16.2. The smallest absolute Gasteiger partial charge is 0.0104 e. The number of benzene rings is 2. The first-order valence-corrected chi connectivity index (χ1v) is 7.35. The van der Waals surface area contributed by atoms with Crippen molar-refractivity contribution in [3.8, 4) is 11.1 Å². The second-order valence-corrected chi connectivity index (χ2v) is 5.42. The van der Waals surface area contributed by atoms with Crippen LogP contribution in [-0.2, 0) is 6.42 Å². The van der Waals surface area contributed by atoms with Gasteiger partial charge in [-0.15, -0.1) is 0 Å². The zero-order valence-electron chi connectivity index (χ0n) is 11.8. The van der Waals surface area contributed by atoms with Gasteiger partial charge in [0, 0.05) is 5.92 Å². The summed E-state index contributed by atoms with van der Waals surface area (Å²) in [5.41, 5.74) is 7.54. The van der Waals surface area contributed by atoms with Gasteiger partial charge in [-0.1, -0.05) is 62.7 Å². The van der Waals surface area contributed by atoms with Crippen molar-refractivity contribution in [2.24, 2.45) is 0 Å². The fourth-order valence-electron chi connectivity index (χ4n) is 3.45. The van der Waals surface area contributed by atoms with E-state index in [1.54, 1.807) is 5.56 Å². The zero-order chi connectivity index (χ0) is 13.2. The number of fused-ring (bicyclic) bond motifs is 3. The van der Waals surface area contributed by atoms with Crippen molar-refractivity contribution in [2.45, 2.75) is 39.0 Å². The van der Waals surface area contributed by atoms with Crippen LogP contribution < -0.4 is 0 Å². The van der Waals surface area contributed by atoms with Gasteiger partial charge >= 0.3 is 0 Å². The Hall–Kier alpha value is -1.56. The van der Waals surface area contributed by atoms with Crippen molar-refractivity contribution >= 4 is 0 Å². The molecular weight excluding hydrogens is 228 g/mol. The topological polar surface area (TPSA) is 0 Å². The predicted molar refractivity (Wildman–Crippen MR) is 82.3 cm³/mol. The highest BCUT2D eigenvalue weighted by Gasteiger charge is 2.29. The van der Waals surface area contributed by atoms with Crippen LogP contribution in [0.5, 0.6) is 0 Å². The molecule has 0 aromatic heterocycles. The maximum Gasteiger partial charge on any atom is 0.0104 e. The summed E-state index contributed by atoms with van der Waals surface area (Å²) in [6, 6.07) is 15.7. The lowest BCUT2D eigenvalue weighted by molar-refractivity contribution is 0.705. The summed E-state index contributed by atoms with van der Waals surface area (Å²) in [5.74, 6) is 0.604. The van der Waals surface area contributed by atoms with Crippen molar-refractivity contribution in [3.63, 3.8) is 0 Å². The van der Waals surface area contributed by atoms with Crippen LogP contribution in [-0.4, -0.2) is 0 Å². The lowest BCUT2D eigenvalue weighted by atomic mass is 9.88. The van der Waals surface area contributed by atoms with Gasteiger partial charge in [-0.25, -0.2) is 0 Å². The first kappa shape index (κ1) is 12.5. The van der Waals surface area contributed by atoms with Gasteiger partial charge in [-0.05, 0) is 47.1 Å². The van der Waals surface area contributed by atoms with Gasteiger partial charge in [0.2, 0.25) is 0 Å². The molecule has 0 heteroatoms. The summed E-state index contributed by atoms with van der Waals surface area (Å²) in [6.07, 6.45) is 5.84. The number of hydrogen-bond donors (Lipinski definition) is 0. The number of rotatable bonds is 4. The maximum atomic E-state index is 2.31. The molecule has 1 aliphatic rings. The van der Waals surface area contributed by atoms with E-state index in [1.807, 2.05) is 0 Å². The Balaban J connectivity index is 2.19. The van der Waals surface area contributed by atoms with E-state index in [0.29, 0.717) is 5.92 Å². The van der Waals surface area contributed by atoms with E-state index < -0.39 is 0 Å². The minimum absolute atomic E-state index is 0.604. The molecule has 3 rings (SSSR count). The lowest BCUT2D eigenvalue weighted by Gasteiger charge is -2.16. The summed E-state index contributed by atoms with van der Waals surface area (Å²) >= 11 is 0. The van der Waals surface area contributed by atoms with Crippen LogP contribution in [0.15, 0.2) is 42.5 Å². The molecule has 0 N–H and O–H groups in total. The SMILES string of the molecule is C[CH]Cc1cccc2c1C(CCC)c1ccccc1-2. The van der Waals surface area contributed by atoms with Crippen LogP contribution in [0.4, 0.5) is 0 Å². The fourth-order valence-corrected chi connectivity index (χ4v) is 3.45. The van der Waals surface area contributed by atoms with Crippen molar-refractivity contribution < 1.29 is 0 Å². The molecule has 0 nitrogen and oxygen atoms in total. The zero-order valence-corrected chi connectivity index (χ0v) is 11.8. The molecule has 0 saturated heterocycles. The van der Waals surface area contributed by atoms with E-state index in [4.69, 9.17) is 0 Å². The van der Waals surface area contributed by atoms with Gasteiger partial charge in [-0.2, -0.15) is 0 Å². The largest absolute Gasteiger partial charge is 0.0653 e. The first-order chi connectivity index (χ1) is 9.36. The second kappa shape index (κ2) is 5.21. The van der Waals surface area contributed by atoms with E-state index in [0.717, 1.165) is 6.42 Å². The van der Waals surface area contributed by atoms with Gasteiger partial charge in [0.25, 0.3) is 0 Å². The van der Waals surface area contributed by atoms with Crippen molar-refractivity contribution in [2.75, 3.05) is 0 Å².